The highest BCUT2D eigenvalue weighted by Crippen LogP contribution is 2.17. The van der Waals surface area contributed by atoms with Gasteiger partial charge in [-0.25, -0.2) is 9.18 Å². The quantitative estimate of drug-likeness (QED) is 0.855. The van der Waals surface area contributed by atoms with Crippen molar-refractivity contribution in [2.75, 3.05) is 0 Å². The molecule has 1 aromatic heterocycles. The molecule has 1 fully saturated rings. The predicted octanol–water partition coefficient (Wildman–Crippen LogP) is 2.31. The average Bonchev–Trinajstić information content (AvgIpc) is 2.66. The van der Waals surface area contributed by atoms with Crippen LogP contribution in [0.4, 0.5) is 4.39 Å². The van der Waals surface area contributed by atoms with Crippen molar-refractivity contribution < 1.29 is 9.18 Å². The van der Waals surface area contributed by atoms with Crippen molar-refractivity contribution in [3.8, 4) is 0 Å². The molecule has 0 aliphatic heterocycles. The van der Waals surface area contributed by atoms with Crippen LogP contribution in [0.3, 0.4) is 0 Å². The van der Waals surface area contributed by atoms with Crippen LogP contribution in [0, 0.1) is 5.82 Å². The number of imidazole rings is 1. The number of carbonyl (C=O) groups is 1. The van der Waals surface area contributed by atoms with E-state index in [0.717, 1.165) is 25.7 Å². The molecule has 22 heavy (non-hydrogen) atoms. The number of amides is 1. The topological polar surface area (TPSA) is 66.9 Å². The van der Waals surface area contributed by atoms with Gasteiger partial charge in [0.1, 0.15) is 12.4 Å². The van der Waals surface area contributed by atoms with Crippen molar-refractivity contribution in [3.05, 3.63) is 34.5 Å². The molecule has 0 spiro atoms. The van der Waals surface area contributed by atoms with Crippen molar-refractivity contribution in [1.29, 1.82) is 0 Å². The molecule has 0 unspecified atom stereocenters. The lowest BCUT2D eigenvalue weighted by molar-refractivity contribution is -0.122. The maximum Gasteiger partial charge on any atom is 0.326 e. The van der Waals surface area contributed by atoms with Gasteiger partial charge in [-0.3, -0.25) is 9.36 Å². The Labute approximate surface area is 127 Å². The van der Waals surface area contributed by atoms with E-state index in [1.165, 1.54) is 35.6 Å². The van der Waals surface area contributed by atoms with Gasteiger partial charge in [0, 0.05) is 6.04 Å². The molecule has 2 aromatic rings. The van der Waals surface area contributed by atoms with Crippen molar-refractivity contribution in [2.24, 2.45) is 0 Å². The Balaban J connectivity index is 1.73. The lowest BCUT2D eigenvalue weighted by Gasteiger charge is -2.16. The van der Waals surface area contributed by atoms with Gasteiger partial charge < -0.3 is 10.3 Å². The second-order valence-electron chi connectivity index (χ2n) is 5.93. The number of benzene rings is 1. The SMILES string of the molecule is O=C(Cn1c(=O)[nH]c2cc(F)ccc21)NC1CCCCCC1. The van der Waals surface area contributed by atoms with Crippen LogP contribution in [0.25, 0.3) is 11.0 Å². The number of aromatic nitrogens is 2. The number of rotatable bonds is 3. The highest BCUT2D eigenvalue weighted by atomic mass is 19.1. The van der Waals surface area contributed by atoms with E-state index in [1.54, 1.807) is 0 Å². The van der Waals surface area contributed by atoms with E-state index in [-0.39, 0.29) is 18.5 Å². The van der Waals surface area contributed by atoms with Gasteiger partial charge in [-0.05, 0) is 31.0 Å². The van der Waals surface area contributed by atoms with Crippen LogP contribution in [-0.4, -0.2) is 21.5 Å². The minimum absolute atomic E-state index is 0.0407. The summed E-state index contributed by atoms with van der Waals surface area (Å²) in [6, 6.07) is 4.26. The zero-order valence-corrected chi connectivity index (χ0v) is 12.4. The number of nitrogens with one attached hydrogen (secondary N) is 2. The zero-order valence-electron chi connectivity index (χ0n) is 12.4. The monoisotopic (exact) mass is 305 g/mol. The molecular weight excluding hydrogens is 285 g/mol. The molecule has 5 nitrogen and oxygen atoms in total. The van der Waals surface area contributed by atoms with Crippen LogP contribution in [0.5, 0.6) is 0 Å². The third kappa shape index (κ3) is 3.21. The lowest BCUT2D eigenvalue weighted by atomic mass is 10.1. The number of aromatic amines is 1. The first-order valence-corrected chi connectivity index (χ1v) is 7.81. The van der Waals surface area contributed by atoms with Crippen LogP contribution in [0.1, 0.15) is 38.5 Å². The van der Waals surface area contributed by atoms with Crippen LogP contribution >= 0.6 is 0 Å². The molecule has 1 amide bonds. The van der Waals surface area contributed by atoms with Gasteiger partial charge in [0.15, 0.2) is 0 Å². The lowest BCUT2D eigenvalue weighted by Crippen LogP contribution is -2.38. The van der Waals surface area contributed by atoms with Gasteiger partial charge in [-0.2, -0.15) is 0 Å². The first-order valence-electron chi connectivity index (χ1n) is 7.81. The molecule has 1 aliphatic rings. The van der Waals surface area contributed by atoms with Gasteiger partial charge >= 0.3 is 5.69 Å². The summed E-state index contributed by atoms with van der Waals surface area (Å²) in [5, 5.41) is 3.01. The van der Waals surface area contributed by atoms with Gasteiger partial charge in [0.05, 0.1) is 11.0 Å². The average molecular weight is 305 g/mol. The molecule has 0 radical (unpaired) electrons. The fourth-order valence-corrected chi connectivity index (χ4v) is 3.13. The fraction of sp³-hybridized carbons (Fsp3) is 0.500. The number of nitrogens with zero attached hydrogens (tertiary/aromatic N) is 1. The molecule has 1 saturated carbocycles. The van der Waals surface area contributed by atoms with Gasteiger partial charge in [0.25, 0.3) is 0 Å². The highest BCUT2D eigenvalue weighted by molar-refractivity contribution is 5.80. The molecule has 0 bridgehead atoms. The summed E-state index contributed by atoms with van der Waals surface area (Å²) < 4.78 is 14.5. The van der Waals surface area contributed by atoms with Crippen LogP contribution in [-0.2, 0) is 11.3 Å². The second kappa shape index (κ2) is 6.34. The summed E-state index contributed by atoms with van der Waals surface area (Å²) in [5.74, 6) is -0.581. The molecule has 1 aromatic carbocycles. The Hall–Kier alpha value is -2.11. The highest BCUT2D eigenvalue weighted by Gasteiger charge is 2.16. The minimum Gasteiger partial charge on any atom is -0.352 e. The van der Waals surface area contributed by atoms with Crippen LogP contribution in [0.15, 0.2) is 23.0 Å². The minimum atomic E-state index is -0.413. The molecule has 3 rings (SSSR count). The van der Waals surface area contributed by atoms with Crippen LogP contribution in [0.2, 0.25) is 0 Å². The summed E-state index contributed by atoms with van der Waals surface area (Å²) in [4.78, 5) is 26.7. The standard InChI is InChI=1S/C16H20FN3O2/c17-11-7-8-14-13(9-11)19-16(22)20(14)10-15(21)18-12-5-3-1-2-4-6-12/h7-9,12H,1-6,10H2,(H,18,21)(H,19,22). The largest absolute Gasteiger partial charge is 0.352 e. The summed E-state index contributed by atoms with van der Waals surface area (Å²) in [5.41, 5.74) is 0.561. The molecule has 0 atom stereocenters. The predicted molar refractivity (Wildman–Crippen MR) is 82.1 cm³/mol. The smallest absolute Gasteiger partial charge is 0.326 e. The summed E-state index contributed by atoms with van der Waals surface area (Å²) in [6.07, 6.45) is 6.72. The van der Waals surface area contributed by atoms with E-state index in [2.05, 4.69) is 10.3 Å². The Bertz CT molecular complexity index is 727. The van der Waals surface area contributed by atoms with E-state index in [1.807, 2.05) is 0 Å². The van der Waals surface area contributed by atoms with Crippen molar-refractivity contribution >= 4 is 16.9 Å². The summed E-state index contributed by atoms with van der Waals surface area (Å²) in [6.45, 7) is -0.0407. The van der Waals surface area contributed by atoms with Crippen LogP contribution < -0.4 is 11.0 Å². The molecule has 1 aliphatic carbocycles. The van der Waals surface area contributed by atoms with E-state index in [4.69, 9.17) is 0 Å². The molecule has 118 valence electrons. The first kappa shape index (κ1) is 14.8. The number of hydrogen-bond acceptors (Lipinski definition) is 2. The Morgan fingerprint density at radius 2 is 2.00 bits per heavy atom. The number of hydrogen-bond donors (Lipinski definition) is 2. The number of H-pyrrole nitrogens is 1. The third-order valence-electron chi connectivity index (χ3n) is 4.26. The number of halogens is 1. The fourth-order valence-electron chi connectivity index (χ4n) is 3.13. The molecule has 1 heterocycles. The van der Waals surface area contributed by atoms with Crippen molar-refractivity contribution in [1.82, 2.24) is 14.9 Å². The maximum absolute atomic E-state index is 13.2. The van der Waals surface area contributed by atoms with Crippen molar-refractivity contribution in [3.63, 3.8) is 0 Å². The van der Waals surface area contributed by atoms with Crippen molar-refractivity contribution in [2.45, 2.75) is 51.1 Å². The summed E-state index contributed by atoms with van der Waals surface area (Å²) >= 11 is 0. The van der Waals surface area contributed by atoms with E-state index in [9.17, 15) is 14.0 Å². The summed E-state index contributed by atoms with van der Waals surface area (Å²) in [7, 11) is 0. The third-order valence-corrected chi connectivity index (χ3v) is 4.26. The van der Waals surface area contributed by atoms with Gasteiger partial charge in [-0.1, -0.05) is 25.7 Å². The van der Waals surface area contributed by atoms with E-state index in [0.29, 0.717) is 11.0 Å². The van der Waals surface area contributed by atoms with E-state index < -0.39 is 11.5 Å². The number of carbonyl (C=O) groups excluding carboxylic acids is 1. The first-order chi connectivity index (χ1) is 10.6. The van der Waals surface area contributed by atoms with Gasteiger partial charge in [0.2, 0.25) is 5.91 Å². The Morgan fingerprint density at radius 3 is 2.73 bits per heavy atom. The molecular formula is C16H20FN3O2. The Kier molecular flexibility index (Phi) is 4.27. The Morgan fingerprint density at radius 1 is 1.27 bits per heavy atom. The molecule has 6 heteroatoms. The second-order valence-corrected chi connectivity index (χ2v) is 5.93. The molecule has 2 N–H and O–H groups in total. The molecule has 0 saturated heterocycles. The number of fused-ring (bicyclic) bond motifs is 1. The maximum atomic E-state index is 13.2. The zero-order chi connectivity index (χ0) is 15.5. The van der Waals surface area contributed by atoms with E-state index >= 15 is 0 Å². The van der Waals surface area contributed by atoms with Gasteiger partial charge in [-0.15, -0.1) is 0 Å². The normalized spacial score (nSPS) is 16.6.